The predicted octanol–water partition coefficient (Wildman–Crippen LogP) is 2.75. The molecule has 0 atom stereocenters. The van der Waals surface area contributed by atoms with Crippen LogP contribution in [-0.2, 0) is 9.84 Å². The van der Waals surface area contributed by atoms with Crippen LogP contribution in [0.4, 0.5) is 0 Å². The van der Waals surface area contributed by atoms with Gasteiger partial charge < -0.3 is 4.74 Å². The van der Waals surface area contributed by atoms with Crippen LogP contribution < -0.4 is 4.74 Å². The van der Waals surface area contributed by atoms with E-state index in [4.69, 9.17) is 10.00 Å². The number of nitrogens with zero attached hydrogens (tertiary/aromatic N) is 1. The summed E-state index contributed by atoms with van der Waals surface area (Å²) in [7, 11) is -3.28. The van der Waals surface area contributed by atoms with E-state index in [1.165, 1.54) is 12.1 Å². The molecule has 0 bridgehead atoms. The molecule has 0 saturated carbocycles. The van der Waals surface area contributed by atoms with Gasteiger partial charge in [0, 0.05) is 6.26 Å². The third-order valence-corrected chi connectivity index (χ3v) is 3.58. The molecule has 2 aromatic rings. The second kappa shape index (κ2) is 5.12. The second-order valence-electron chi connectivity index (χ2n) is 3.96. The van der Waals surface area contributed by atoms with Crippen LogP contribution in [0.1, 0.15) is 5.56 Å². The summed E-state index contributed by atoms with van der Waals surface area (Å²) < 4.78 is 28.5. The number of nitriles is 1. The smallest absolute Gasteiger partial charge is 0.175 e. The zero-order chi connectivity index (χ0) is 13.9. The molecule has 0 N–H and O–H groups in total. The first kappa shape index (κ1) is 13.1. The molecule has 0 aliphatic carbocycles. The number of benzene rings is 2. The highest BCUT2D eigenvalue weighted by atomic mass is 32.2. The lowest BCUT2D eigenvalue weighted by molar-refractivity contribution is 0.479. The summed E-state index contributed by atoms with van der Waals surface area (Å²) in [5.74, 6) is 0.779. The minimum atomic E-state index is -3.28. The molecule has 5 heteroatoms. The first-order chi connectivity index (χ1) is 9.00. The van der Waals surface area contributed by atoms with Crippen molar-refractivity contribution < 1.29 is 13.2 Å². The molecule has 0 spiro atoms. The Bertz CT molecular complexity index is 745. The maximum Gasteiger partial charge on any atom is 0.175 e. The van der Waals surface area contributed by atoms with Gasteiger partial charge in [0.1, 0.15) is 17.6 Å². The number of rotatable bonds is 3. The molecule has 0 unspecified atom stereocenters. The Balaban J connectivity index is 2.37. The van der Waals surface area contributed by atoms with Crippen molar-refractivity contribution in [2.75, 3.05) is 6.26 Å². The largest absolute Gasteiger partial charge is 0.456 e. The molecule has 0 aliphatic rings. The third-order valence-electron chi connectivity index (χ3n) is 2.47. The van der Waals surface area contributed by atoms with Gasteiger partial charge in [-0.05, 0) is 30.3 Å². The van der Waals surface area contributed by atoms with Crippen LogP contribution in [0, 0.1) is 11.3 Å². The van der Waals surface area contributed by atoms with Crippen molar-refractivity contribution in [3.05, 3.63) is 54.1 Å². The minimum absolute atomic E-state index is 0.180. The molecular formula is C14H11NO3S. The fraction of sp³-hybridized carbons (Fsp3) is 0.0714. The second-order valence-corrected chi connectivity index (χ2v) is 5.97. The molecular weight excluding hydrogens is 262 g/mol. The molecule has 2 aromatic carbocycles. The zero-order valence-electron chi connectivity index (χ0n) is 10.2. The lowest BCUT2D eigenvalue weighted by atomic mass is 10.2. The van der Waals surface area contributed by atoms with Gasteiger partial charge in [0.15, 0.2) is 9.84 Å². The average molecular weight is 273 g/mol. The topological polar surface area (TPSA) is 67.2 Å². The first-order valence-electron chi connectivity index (χ1n) is 5.48. The molecule has 0 aliphatic heterocycles. The van der Waals surface area contributed by atoms with E-state index in [9.17, 15) is 8.42 Å². The van der Waals surface area contributed by atoms with Crippen molar-refractivity contribution in [2.24, 2.45) is 0 Å². The van der Waals surface area contributed by atoms with Gasteiger partial charge in [-0.1, -0.05) is 18.2 Å². The van der Waals surface area contributed by atoms with E-state index in [-0.39, 0.29) is 4.90 Å². The van der Waals surface area contributed by atoms with Gasteiger partial charge in [0.25, 0.3) is 0 Å². The Kier molecular flexibility index (Phi) is 3.54. The lowest BCUT2D eigenvalue weighted by Crippen LogP contribution is -1.97. The molecule has 4 nitrogen and oxygen atoms in total. The number of para-hydroxylation sites is 1. The Hall–Kier alpha value is -2.32. The summed E-state index contributed by atoms with van der Waals surface area (Å²) in [4.78, 5) is 0.180. The summed E-state index contributed by atoms with van der Waals surface area (Å²) in [6, 6.07) is 15.0. The zero-order valence-corrected chi connectivity index (χ0v) is 11.0. The van der Waals surface area contributed by atoms with Crippen LogP contribution >= 0.6 is 0 Å². The average Bonchev–Trinajstić information content (AvgIpc) is 2.39. The fourth-order valence-electron chi connectivity index (χ4n) is 1.54. The van der Waals surface area contributed by atoms with Gasteiger partial charge in [0.2, 0.25) is 0 Å². The Morgan fingerprint density at radius 1 is 1.11 bits per heavy atom. The van der Waals surface area contributed by atoms with Gasteiger partial charge in [-0.25, -0.2) is 8.42 Å². The molecule has 0 saturated heterocycles. The molecule has 0 amide bonds. The summed E-state index contributed by atoms with van der Waals surface area (Å²) in [5, 5.41) is 8.95. The van der Waals surface area contributed by atoms with E-state index in [1.807, 2.05) is 6.07 Å². The van der Waals surface area contributed by atoms with Crippen molar-refractivity contribution in [1.82, 2.24) is 0 Å². The van der Waals surface area contributed by atoms with Crippen molar-refractivity contribution >= 4 is 9.84 Å². The number of hydrogen-bond donors (Lipinski definition) is 0. The van der Waals surface area contributed by atoms with E-state index >= 15 is 0 Å². The molecule has 0 heterocycles. The summed E-state index contributed by atoms with van der Waals surface area (Å²) in [5.41, 5.74) is 0.396. The van der Waals surface area contributed by atoms with E-state index in [2.05, 4.69) is 0 Å². The monoisotopic (exact) mass is 273 g/mol. The van der Waals surface area contributed by atoms with E-state index < -0.39 is 9.84 Å². The molecule has 96 valence electrons. The number of sulfone groups is 1. The molecule has 0 aromatic heterocycles. The Morgan fingerprint density at radius 3 is 2.53 bits per heavy atom. The third kappa shape index (κ3) is 3.12. The van der Waals surface area contributed by atoms with Gasteiger partial charge in [-0.15, -0.1) is 0 Å². The highest BCUT2D eigenvalue weighted by Crippen LogP contribution is 2.26. The van der Waals surface area contributed by atoms with Gasteiger partial charge in [-0.2, -0.15) is 5.26 Å². The maximum atomic E-state index is 11.5. The van der Waals surface area contributed by atoms with E-state index in [0.717, 1.165) is 6.26 Å². The van der Waals surface area contributed by atoms with Crippen LogP contribution in [0.2, 0.25) is 0 Å². The number of hydrogen-bond acceptors (Lipinski definition) is 4. The van der Waals surface area contributed by atoms with Crippen molar-refractivity contribution in [3.8, 4) is 17.6 Å². The molecule has 0 radical (unpaired) electrons. The van der Waals surface area contributed by atoms with Gasteiger partial charge in [0.05, 0.1) is 10.5 Å². The summed E-state index contributed by atoms with van der Waals surface area (Å²) in [6.07, 6.45) is 1.13. The summed E-state index contributed by atoms with van der Waals surface area (Å²) >= 11 is 0. The predicted molar refractivity (Wildman–Crippen MR) is 70.8 cm³/mol. The highest BCUT2D eigenvalue weighted by molar-refractivity contribution is 7.90. The number of ether oxygens (including phenoxy) is 1. The Morgan fingerprint density at radius 2 is 1.84 bits per heavy atom. The van der Waals surface area contributed by atoms with E-state index in [1.54, 1.807) is 36.4 Å². The minimum Gasteiger partial charge on any atom is -0.456 e. The van der Waals surface area contributed by atoms with Gasteiger partial charge in [-0.3, -0.25) is 0 Å². The fourth-order valence-corrected chi connectivity index (χ4v) is 2.20. The highest BCUT2D eigenvalue weighted by Gasteiger charge is 2.09. The molecule has 2 rings (SSSR count). The van der Waals surface area contributed by atoms with Crippen LogP contribution in [0.5, 0.6) is 11.5 Å². The van der Waals surface area contributed by atoms with Crippen molar-refractivity contribution in [2.45, 2.75) is 4.90 Å². The Labute approximate surface area is 111 Å². The molecule has 19 heavy (non-hydrogen) atoms. The van der Waals surface area contributed by atoms with Crippen LogP contribution in [-0.4, -0.2) is 14.7 Å². The lowest BCUT2D eigenvalue weighted by Gasteiger charge is -2.08. The van der Waals surface area contributed by atoms with Crippen LogP contribution in [0.3, 0.4) is 0 Å². The standard InChI is InChI=1S/C14H11NO3S/c1-19(16,17)13-7-4-6-12(9-13)18-14-8-3-2-5-11(14)10-15/h2-9H,1H3. The van der Waals surface area contributed by atoms with E-state index in [0.29, 0.717) is 17.1 Å². The van der Waals surface area contributed by atoms with Crippen LogP contribution in [0.15, 0.2) is 53.4 Å². The van der Waals surface area contributed by atoms with Crippen molar-refractivity contribution in [1.29, 1.82) is 5.26 Å². The van der Waals surface area contributed by atoms with Gasteiger partial charge >= 0.3 is 0 Å². The van der Waals surface area contributed by atoms with Crippen molar-refractivity contribution in [3.63, 3.8) is 0 Å². The normalized spacial score (nSPS) is 10.7. The summed E-state index contributed by atoms with van der Waals surface area (Å²) in [6.45, 7) is 0. The van der Waals surface area contributed by atoms with Crippen LogP contribution in [0.25, 0.3) is 0 Å². The molecule has 0 fully saturated rings. The first-order valence-corrected chi connectivity index (χ1v) is 7.37. The SMILES string of the molecule is CS(=O)(=O)c1cccc(Oc2ccccc2C#N)c1. The maximum absolute atomic E-state index is 11.5. The quantitative estimate of drug-likeness (QED) is 0.862.